The molecule has 0 radical (unpaired) electrons. The molecule has 4 rings (SSSR count). The number of nitrogens with two attached hydrogens (primary N) is 1. The van der Waals surface area contributed by atoms with Gasteiger partial charge in [0.1, 0.15) is 5.82 Å². The van der Waals surface area contributed by atoms with Crippen LogP contribution in [-0.2, 0) is 10.0 Å². The first kappa shape index (κ1) is 21.3. The molecule has 1 saturated heterocycles. The number of hydrogen-bond acceptors (Lipinski definition) is 6. The van der Waals surface area contributed by atoms with Crippen LogP contribution in [0.4, 0.5) is 10.3 Å². The van der Waals surface area contributed by atoms with Crippen LogP contribution in [0, 0.1) is 19.7 Å². The summed E-state index contributed by atoms with van der Waals surface area (Å²) in [6, 6.07) is 7.82. The van der Waals surface area contributed by atoms with Gasteiger partial charge >= 0.3 is 0 Å². The largest absolute Gasteiger partial charge is 0.368 e. The van der Waals surface area contributed by atoms with Gasteiger partial charge in [-0.1, -0.05) is 0 Å². The summed E-state index contributed by atoms with van der Waals surface area (Å²) in [4.78, 5) is 12.9. The van der Waals surface area contributed by atoms with Gasteiger partial charge < -0.3 is 5.73 Å². The van der Waals surface area contributed by atoms with Crippen molar-refractivity contribution in [1.82, 2.24) is 19.3 Å². The molecule has 162 valence electrons. The van der Waals surface area contributed by atoms with Crippen LogP contribution in [0.2, 0.25) is 0 Å². The number of nitrogen functional groups attached to an aromatic ring is 1. The molecule has 1 fully saturated rings. The Kier molecular flexibility index (Phi) is 5.72. The van der Waals surface area contributed by atoms with Crippen LogP contribution in [0.25, 0.3) is 11.1 Å². The highest BCUT2D eigenvalue weighted by molar-refractivity contribution is 7.89. The zero-order valence-electron chi connectivity index (χ0n) is 17.4. The third-order valence-corrected chi connectivity index (χ3v) is 7.41. The Morgan fingerprint density at radius 1 is 1.10 bits per heavy atom. The van der Waals surface area contributed by atoms with Crippen LogP contribution < -0.4 is 5.73 Å². The second kappa shape index (κ2) is 8.32. The predicted molar refractivity (Wildman–Crippen MR) is 116 cm³/mol. The topological polar surface area (TPSA) is 102 Å². The smallest absolute Gasteiger partial charge is 0.243 e. The Balaban J connectivity index is 1.62. The van der Waals surface area contributed by atoms with E-state index in [1.807, 2.05) is 19.1 Å². The van der Waals surface area contributed by atoms with Gasteiger partial charge in [0.15, 0.2) is 0 Å². The number of halogens is 1. The first-order chi connectivity index (χ1) is 14.7. The van der Waals surface area contributed by atoms with Crippen molar-refractivity contribution in [2.24, 2.45) is 0 Å². The summed E-state index contributed by atoms with van der Waals surface area (Å²) >= 11 is 0. The number of benzene rings is 1. The maximum absolute atomic E-state index is 13.6. The van der Waals surface area contributed by atoms with Crippen LogP contribution in [-0.4, -0.2) is 40.8 Å². The first-order valence-electron chi connectivity index (χ1n) is 10.1. The first-order valence-corrected chi connectivity index (χ1v) is 11.5. The van der Waals surface area contributed by atoms with Crippen molar-refractivity contribution in [3.05, 3.63) is 65.5 Å². The maximum atomic E-state index is 13.6. The lowest BCUT2D eigenvalue weighted by molar-refractivity contribution is 0.312. The number of anilines is 1. The number of nitrogens with zero attached hydrogens (tertiary/aromatic N) is 4. The summed E-state index contributed by atoms with van der Waals surface area (Å²) in [5.41, 5.74) is 9.30. The summed E-state index contributed by atoms with van der Waals surface area (Å²) in [6.07, 6.45) is 4.88. The molecule has 2 aromatic heterocycles. The van der Waals surface area contributed by atoms with Crippen molar-refractivity contribution >= 4 is 16.0 Å². The van der Waals surface area contributed by atoms with Crippen LogP contribution in [0.3, 0.4) is 0 Å². The lowest BCUT2D eigenvalue weighted by atomic mass is 9.93. The number of aryl methyl sites for hydroxylation is 2. The molecule has 0 aliphatic carbocycles. The van der Waals surface area contributed by atoms with E-state index >= 15 is 0 Å². The van der Waals surface area contributed by atoms with Crippen LogP contribution in [0.1, 0.15) is 35.7 Å². The normalized spacial score (nSPS) is 17.6. The van der Waals surface area contributed by atoms with E-state index in [1.165, 1.54) is 22.5 Å². The molecule has 1 aliphatic heterocycles. The van der Waals surface area contributed by atoms with Crippen molar-refractivity contribution in [3.8, 4) is 11.1 Å². The van der Waals surface area contributed by atoms with E-state index in [2.05, 4.69) is 15.0 Å². The van der Waals surface area contributed by atoms with Gasteiger partial charge in [-0.05, 0) is 68.1 Å². The maximum Gasteiger partial charge on any atom is 0.243 e. The van der Waals surface area contributed by atoms with Crippen LogP contribution in [0.5, 0.6) is 0 Å². The summed E-state index contributed by atoms with van der Waals surface area (Å²) in [5, 5.41) is 0. The summed E-state index contributed by atoms with van der Waals surface area (Å²) < 4.78 is 41.4. The molecule has 0 saturated carbocycles. The molecule has 2 N–H and O–H groups in total. The summed E-state index contributed by atoms with van der Waals surface area (Å²) in [5.74, 6) is -0.254. The number of aromatic nitrogens is 3. The second-order valence-corrected chi connectivity index (χ2v) is 9.80. The van der Waals surface area contributed by atoms with Gasteiger partial charge in [0.05, 0.1) is 4.90 Å². The Hall–Kier alpha value is -2.91. The lowest BCUT2D eigenvalue weighted by Gasteiger charge is -2.32. The van der Waals surface area contributed by atoms with E-state index in [-0.39, 0.29) is 16.8 Å². The highest BCUT2D eigenvalue weighted by Crippen LogP contribution is 2.32. The summed E-state index contributed by atoms with van der Waals surface area (Å²) in [6.45, 7) is 4.23. The van der Waals surface area contributed by atoms with Gasteiger partial charge in [0.25, 0.3) is 0 Å². The fourth-order valence-corrected chi connectivity index (χ4v) is 5.50. The number of rotatable bonds is 4. The standard InChI is InChI=1S/C22H24FN5O2S/c1-14-8-19(5-6-20(14)23)31(29,30)28-7-3-4-16(13-28)21-10-17(9-15(2)27-21)18-11-25-22(24)26-12-18/h5-6,8-12,16H,3-4,7,13H2,1-2H3,(H2,24,25,26). The fraction of sp³-hybridized carbons (Fsp3) is 0.318. The Labute approximate surface area is 181 Å². The minimum absolute atomic E-state index is 0.0431. The zero-order valence-corrected chi connectivity index (χ0v) is 18.2. The fourth-order valence-electron chi connectivity index (χ4n) is 3.89. The van der Waals surface area contributed by atoms with Crippen LogP contribution in [0.15, 0.2) is 47.6 Å². The number of sulfonamides is 1. The van der Waals surface area contributed by atoms with Crippen LogP contribution >= 0.6 is 0 Å². The molecule has 7 nitrogen and oxygen atoms in total. The van der Waals surface area contributed by atoms with Crippen molar-refractivity contribution in [2.75, 3.05) is 18.8 Å². The monoisotopic (exact) mass is 441 g/mol. The van der Waals surface area contributed by atoms with Gasteiger partial charge in [-0.25, -0.2) is 22.8 Å². The molecule has 31 heavy (non-hydrogen) atoms. The van der Waals surface area contributed by atoms with E-state index in [0.717, 1.165) is 35.4 Å². The highest BCUT2D eigenvalue weighted by Gasteiger charge is 2.32. The van der Waals surface area contributed by atoms with E-state index < -0.39 is 15.8 Å². The van der Waals surface area contributed by atoms with E-state index in [0.29, 0.717) is 18.7 Å². The van der Waals surface area contributed by atoms with Crippen molar-refractivity contribution in [2.45, 2.75) is 37.5 Å². The lowest BCUT2D eigenvalue weighted by Crippen LogP contribution is -2.39. The zero-order chi connectivity index (χ0) is 22.2. The average molecular weight is 442 g/mol. The Morgan fingerprint density at radius 3 is 2.55 bits per heavy atom. The third-order valence-electron chi connectivity index (χ3n) is 5.55. The molecule has 0 spiro atoms. The Bertz CT molecular complexity index is 1220. The predicted octanol–water partition coefficient (Wildman–Crippen LogP) is 3.45. The molecule has 0 amide bonds. The van der Waals surface area contributed by atoms with Crippen molar-refractivity contribution < 1.29 is 12.8 Å². The Morgan fingerprint density at radius 2 is 1.84 bits per heavy atom. The second-order valence-electron chi connectivity index (χ2n) is 7.87. The summed E-state index contributed by atoms with van der Waals surface area (Å²) in [7, 11) is -3.71. The third kappa shape index (κ3) is 4.42. The molecular formula is C22H24FN5O2S. The van der Waals surface area contributed by atoms with E-state index in [4.69, 9.17) is 5.73 Å². The number of pyridine rings is 1. The molecule has 1 unspecified atom stereocenters. The van der Waals surface area contributed by atoms with E-state index in [9.17, 15) is 12.8 Å². The quantitative estimate of drug-likeness (QED) is 0.665. The molecule has 3 aromatic rings. The van der Waals surface area contributed by atoms with Crippen molar-refractivity contribution in [1.29, 1.82) is 0 Å². The minimum Gasteiger partial charge on any atom is -0.368 e. The number of hydrogen-bond donors (Lipinski definition) is 1. The molecule has 1 aromatic carbocycles. The van der Waals surface area contributed by atoms with Gasteiger partial charge in [-0.15, -0.1) is 0 Å². The highest BCUT2D eigenvalue weighted by atomic mass is 32.2. The average Bonchev–Trinajstić information content (AvgIpc) is 2.75. The molecule has 1 aliphatic rings. The van der Waals surface area contributed by atoms with Crippen molar-refractivity contribution in [3.63, 3.8) is 0 Å². The van der Waals surface area contributed by atoms with Gasteiger partial charge in [0, 0.05) is 48.4 Å². The van der Waals surface area contributed by atoms with Gasteiger partial charge in [0.2, 0.25) is 16.0 Å². The van der Waals surface area contributed by atoms with Gasteiger partial charge in [-0.2, -0.15) is 4.31 Å². The minimum atomic E-state index is -3.71. The number of piperidine rings is 1. The molecule has 0 bridgehead atoms. The van der Waals surface area contributed by atoms with E-state index in [1.54, 1.807) is 19.3 Å². The SMILES string of the molecule is Cc1cc(-c2cnc(N)nc2)cc(C2CCCN(S(=O)(=O)c3ccc(F)c(C)c3)C2)n1. The van der Waals surface area contributed by atoms with Gasteiger partial charge in [-0.3, -0.25) is 4.98 Å². The molecule has 3 heterocycles. The molecular weight excluding hydrogens is 417 g/mol. The molecule has 9 heteroatoms. The molecule has 1 atom stereocenters.